The van der Waals surface area contributed by atoms with E-state index >= 15 is 0 Å². The van der Waals surface area contributed by atoms with E-state index in [2.05, 4.69) is 21.3 Å². The summed E-state index contributed by atoms with van der Waals surface area (Å²) in [7, 11) is 0. The van der Waals surface area contributed by atoms with Gasteiger partial charge in [-0.15, -0.1) is 0 Å². The molecule has 7 rings (SSSR count). The predicted octanol–water partition coefficient (Wildman–Crippen LogP) is 2.51. The van der Waals surface area contributed by atoms with Crippen LogP contribution in [-0.2, 0) is 48.0 Å². The Labute approximate surface area is 353 Å². The zero-order chi connectivity index (χ0) is 43.7. The lowest BCUT2D eigenvalue weighted by atomic mass is 9.99. The van der Waals surface area contributed by atoms with Gasteiger partial charge in [-0.1, -0.05) is 13.0 Å². The number of hydrogen-bond donors (Lipinski definition) is 5. The second-order valence-electron chi connectivity index (χ2n) is 17.5. The largest absolute Gasteiger partial charge is 0.391 e. The standard InChI is InChI=1S/C44H55F2N7O8/c1-24-21-44(22-36(44)55)53(23-24)40(58)25(2)47-39(57)34-10-4-5-14-51(34)41(59)35-11-7-15-52(35)42(60)37(26(3)54)50-38(56)33(18-27-16-30(45)20-31(46)17-27)49-43(61)48-32-13-12-28-8-6-9-29(28)19-32/h12-13,16-17,19-20,24-26,33-35,37,54H,4-11,14-15,18,21-23H2,1-3H3,(H,47,57)(H,50,56)(H2,48,49,61)/t24-,25+,26+,33+,34+,35+,37+,44+/m1/s1. The molecule has 0 bridgehead atoms. The quantitative estimate of drug-likeness (QED) is 0.215. The van der Waals surface area contributed by atoms with Crippen LogP contribution in [0.4, 0.5) is 19.3 Å². The highest BCUT2D eigenvalue weighted by Gasteiger charge is 2.63. The molecule has 5 aliphatic rings. The van der Waals surface area contributed by atoms with Crippen molar-refractivity contribution in [1.29, 1.82) is 0 Å². The molecule has 328 valence electrons. The van der Waals surface area contributed by atoms with Crippen molar-refractivity contribution in [2.24, 2.45) is 5.92 Å². The Bertz CT molecular complexity index is 2080. The molecular formula is C44H55F2N7O8. The van der Waals surface area contributed by atoms with Crippen molar-refractivity contribution in [2.75, 3.05) is 25.0 Å². The lowest BCUT2D eigenvalue weighted by Gasteiger charge is -2.39. The fourth-order valence-electron chi connectivity index (χ4n) is 9.71. The second-order valence-corrected chi connectivity index (χ2v) is 17.5. The molecule has 3 aliphatic heterocycles. The summed E-state index contributed by atoms with van der Waals surface area (Å²) < 4.78 is 28.5. The van der Waals surface area contributed by atoms with E-state index in [1.807, 2.05) is 19.1 Å². The Morgan fingerprint density at radius 1 is 0.836 bits per heavy atom. The summed E-state index contributed by atoms with van der Waals surface area (Å²) in [6.45, 7) is 5.61. The van der Waals surface area contributed by atoms with Crippen molar-refractivity contribution in [2.45, 2.75) is 133 Å². The number of benzene rings is 2. The number of rotatable bonds is 12. The maximum Gasteiger partial charge on any atom is 0.319 e. The summed E-state index contributed by atoms with van der Waals surface area (Å²) >= 11 is 0. The van der Waals surface area contributed by atoms with Crippen molar-refractivity contribution in [3.05, 3.63) is 64.7 Å². The molecule has 2 aliphatic carbocycles. The Balaban J connectivity index is 1.03. The molecule has 0 unspecified atom stereocenters. The molecule has 5 N–H and O–H groups in total. The molecule has 7 amide bonds. The first-order valence-corrected chi connectivity index (χ1v) is 21.4. The maximum atomic E-state index is 14.3. The molecule has 17 heteroatoms. The maximum absolute atomic E-state index is 14.3. The normalized spacial score (nSPS) is 25.0. The Morgan fingerprint density at radius 2 is 1.52 bits per heavy atom. The molecular weight excluding hydrogens is 793 g/mol. The first-order valence-electron chi connectivity index (χ1n) is 21.4. The predicted molar refractivity (Wildman–Crippen MR) is 218 cm³/mol. The summed E-state index contributed by atoms with van der Waals surface area (Å²) in [6.07, 6.45) is 4.12. The minimum Gasteiger partial charge on any atom is -0.391 e. The first-order chi connectivity index (χ1) is 29.0. The molecule has 15 nitrogen and oxygen atoms in total. The fourth-order valence-corrected chi connectivity index (χ4v) is 9.71. The van der Waals surface area contributed by atoms with Gasteiger partial charge in [-0.05, 0) is 119 Å². The van der Waals surface area contributed by atoms with E-state index in [0.717, 1.165) is 37.0 Å². The highest BCUT2D eigenvalue weighted by Crippen LogP contribution is 2.48. The van der Waals surface area contributed by atoms with Crippen molar-refractivity contribution in [1.82, 2.24) is 30.7 Å². The number of carbonyl (C=O) groups is 7. The third kappa shape index (κ3) is 9.41. The third-order valence-electron chi connectivity index (χ3n) is 12.8. The van der Waals surface area contributed by atoms with Crippen LogP contribution in [0.1, 0.15) is 88.8 Å². The van der Waals surface area contributed by atoms with Gasteiger partial charge in [0, 0.05) is 44.2 Å². The molecule has 3 heterocycles. The minimum absolute atomic E-state index is 0.0197. The topological polar surface area (TPSA) is 198 Å². The number of halogens is 2. The van der Waals surface area contributed by atoms with Crippen molar-refractivity contribution in [3.63, 3.8) is 0 Å². The van der Waals surface area contributed by atoms with E-state index in [1.54, 1.807) is 17.9 Å². The Kier molecular flexibility index (Phi) is 12.8. The number of Topliss-reactive ketones (excluding diaryl/α,β-unsaturated/α-hetero) is 1. The third-order valence-corrected chi connectivity index (χ3v) is 12.8. The number of likely N-dealkylation sites (tertiary alicyclic amines) is 3. The Hall–Kier alpha value is -5.45. The van der Waals surface area contributed by atoms with E-state index in [9.17, 15) is 47.4 Å². The Morgan fingerprint density at radius 3 is 2.23 bits per heavy atom. The van der Waals surface area contributed by atoms with Gasteiger partial charge in [0.25, 0.3) is 0 Å². The van der Waals surface area contributed by atoms with E-state index in [0.29, 0.717) is 56.8 Å². The van der Waals surface area contributed by atoms with Gasteiger partial charge in [0.1, 0.15) is 47.4 Å². The molecule has 0 radical (unpaired) electrons. The number of hydrogen-bond acceptors (Lipinski definition) is 8. The van der Waals surface area contributed by atoms with Gasteiger partial charge in [-0.2, -0.15) is 0 Å². The number of aliphatic hydroxyl groups excluding tert-OH is 1. The van der Waals surface area contributed by atoms with E-state index in [4.69, 9.17) is 0 Å². The van der Waals surface area contributed by atoms with Crippen LogP contribution in [0.2, 0.25) is 0 Å². The number of aryl methyl sites for hydroxylation is 2. The fraction of sp³-hybridized carbons (Fsp3) is 0.568. The highest BCUT2D eigenvalue weighted by atomic mass is 19.1. The molecule has 4 fully saturated rings. The molecule has 2 aromatic rings. The van der Waals surface area contributed by atoms with E-state index < -0.39 is 83.1 Å². The van der Waals surface area contributed by atoms with E-state index in [-0.39, 0.29) is 49.1 Å². The zero-order valence-corrected chi connectivity index (χ0v) is 34.8. The number of urea groups is 1. The van der Waals surface area contributed by atoms with Crippen LogP contribution in [-0.4, -0.2) is 123 Å². The molecule has 8 atom stereocenters. The number of carbonyl (C=O) groups excluding carboxylic acids is 7. The SMILES string of the molecule is C[C@H]1CN(C(=O)[C@H](C)NC(=O)[C@@H]2CCCCN2C(=O)[C@@H]2CCCN2C(=O)[C@@H](NC(=O)[C@H](Cc2cc(F)cc(F)c2)NC(=O)Nc2ccc3c(c2)CCC3)[C@H](C)O)[C@]2(CC2=O)C1. The van der Waals surface area contributed by atoms with Gasteiger partial charge in [-0.25, -0.2) is 13.6 Å². The van der Waals surface area contributed by atoms with Crippen molar-refractivity contribution < 1.29 is 47.4 Å². The average molecular weight is 848 g/mol. The number of aliphatic hydroxyl groups is 1. The summed E-state index contributed by atoms with van der Waals surface area (Å²) in [5, 5.41) is 21.5. The molecule has 1 saturated carbocycles. The zero-order valence-electron chi connectivity index (χ0n) is 34.8. The summed E-state index contributed by atoms with van der Waals surface area (Å²) in [5.74, 6) is -4.65. The average Bonchev–Trinajstić information content (AvgIpc) is 3.65. The van der Waals surface area contributed by atoms with Gasteiger partial charge in [0.2, 0.25) is 29.5 Å². The van der Waals surface area contributed by atoms with Gasteiger partial charge in [-0.3, -0.25) is 28.8 Å². The number of amides is 7. The summed E-state index contributed by atoms with van der Waals surface area (Å²) in [6, 6.07) is 1.49. The van der Waals surface area contributed by atoms with Gasteiger partial charge in [0.15, 0.2) is 5.78 Å². The number of anilines is 1. The number of ketones is 1. The number of fused-ring (bicyclic) bond motifs is 1. The van der Waals surface area contributed by atoms with Crippen molar-refractivity contribution >= 4 is 47.0 Å². The van der Waals surface area contributed by atoms with Crippen molar-refractivity contribution in [3.8, 4) is 0 Å². The smallest absolute Gasteiger partial charge is 0.319 e. The lowest BCUT2D eigenvalue weighted by Crippen LogP contribution is -2.62. The number of nitrogens with one attached hydrogen (secondary N) is 4. The highest BCUT2D eigenvalue weighted by molar-refractivity contribution is 6.09. The van der Waals surface area contributed by atoms with Crippen LogP contribution in [0.25, 0.3) is 0 Å². The lowest BCUT2D eigenvalue weighted by molar-refractivity contribution is -0.152. The van der Waals surface area contributed by atoms with Crippen LogP contribution in [0.15, 0.2) is 36.4 Å². The van der Waals surface area contributed by atoms with Gasteiger partial charge in [0.05, 0.1) is 6.10 Å². The van der Waals surface area contributed by atoms with Crippen LogP contribution in [0, 0.1) is 17.6 Å². The molecule has 0 aromatic heterocycles. The molecule has 61 heavy (non-hydrogen) atoms. The molecule has 3 saturated heterocycles. The minimum atomic E-state index is -1.59. The molecule has 2 aromatic carbocycles. The monoisotopic (exact) mass is 847 g/mol. The number of piperidine rings is 1. The van der Waals surface area contributed by atoms with Gasteiger partial charge >= 0.3 is 6.03 Å². The first kappa shape index (κ1) is 43.6. The van der Waals surface area contributed by atoms with Crippen LogP contribution < -0.4 is 21.3 Å². The van der Waals surface area contributed by atoms with Crippen LogP contribution in [0.5, 0.6) is 0 Å². The second kappa shape index (κ2) is 17.9. The number of nitrogens with zero attached hydrogens (tertiary/aromatic N) is 3. The van der Waals surface area contributed by atoms with Crippen LogP contribution in [0.3, 0.4) is 0 Å². The summed E-state index contributed by atoms with van der Waals surface area (Å²) in [4.78, 5) is 99.7. The van der Waals surface area contributed by atoms with Gasteiger partial charge < -0.3 is 41.1 Å². The summed E-state index contributed by atoms with van der Waals surface area (Å²) in [5.41, 5.74) is 2.03. The van der Waals surface area contributed by atoms with Crippen LogP contribution >= 0.6 is 0 Å². The van der Waals surface area contributed by atoms with E-state index in [1.165, 1.54) is 22.3 Å². The molecule has 1 spiro atoms.